The normalized spacial score (nSPS) is 17.1. The predicted molar refractivity (Wildman–Crippen MR) is 71.8 cm³/mol. The van der Waals surface area contributed by atoms with Crippen molar-refractivity contribution in [3.63, 3.8) is 0 Å². The van der Waals surface area contributed by atoms with E-state index in [1.807, 2.05) is 0 Å². The molecule has 1 aliphatic rings. The standard InChI is InChI=1S/C11H13F3N2O3S2/c12-11(13,14)8-5-20-10(15-8)16-9(17)6-21(18,19)7-3-1-2-4-7/h5,7H,1-4,6H2,(H,15,16,17). The fourth-order valence-electron chi connectivity index (χ4n) is 2.16. The number of hydrogen-bond donors (Lipinski definition) is 1. The van der Waals surface area contributed by atoms with Crippen LogP contribution in [-0.4, -0.2) is 30.3 Å². The first kappa shape index (κ1) is 16.2. The second-order valence-electron chi connectivity index (χ2n) is 4.80. The average molecular weight is 342 g/mol. The van der Waals surface area contributed by atoms with Crippen molar-refractivity contribution in [3.8, 4) is 0 Å². The maximum absolute atomic E-state index is 12.3. The van der Waals surface area contributed by atoms with Gasteiger partial charge in [0.05, 0.1) is 5.25 Å². The van der Waals surface area contributed by atoms with Crippen LogP contribution < -0.4 is 5.32 Å². The minimum Gasteiger partial charge on any atom is -0.301 e. The summed E-state index contributed by atoms with van der Waals surface area (Å²) in [6.45, 7) is 0. The number of hydrogen-bond acceptors (Lipinski definition) is 5. The molecular formula is C11H13F3N2O3S2. The molecule has 2 rings (SSSR count). The number of alkyl halides is 3. The van der Waals surface area contributed by atoms with Crippen LogP contribution in [0.25, 0.3) is 0 Å². The number of nitrogens with zero attached hydrogens (tertiary/aromatic N) is 1. The molecule has 21 heavy (non-hydrogen) atoms. The van der Waals surface area contributed by atoms with Gasteiger partial charge in [-0.1, -0.05) is 12.8 Å². The summed E-state index contributed by atoms with van der Waals surface area (Å²) in [5.74, 6) is -1.58. The average Bonchev–Trinajstić information content (AvgIpc) is 2.96. The maximum atomic E-state index is 12.3. The lowest BCUT2D eigenvalue weighted by molar-refractivity contribution is -0.140. The van der Waals surface area contributed by atoms with Crippen LogP contribution in [0.15, 0.2) is 5.38 Å². The minimum atomic E-state index is -4.59. The Labute approximate surface area is 123 Å². The van der Waals surface area contributed by atoms with Gasteiger partial charge in [-0.2, -0.15) is 13.2 Å². The molecule has 0 aromatic carbocycles. The lowest BCUT2D eigenvalue weighted by atomic mass is 10.4. The van der Waals surface area contributed by atoms with Crippen LogP contribution in [0.4, 0.5) is 18.3 Å². The van der Waals surface area contributed by atoms with E-state index in [2.05, 4.69) is 10.3 Å². The van der Waals surface area contributed by atoms with E-state index in [1.165, 1.54) is 0 Å². The molecule has 0 spiro atoms. The van der Waals surface area contributed by atoms with Gasteiger partial charge in [-0.25, -0.2) is 13.4 Å². The molecule has 1 fully saturated rings. The van der Waals surface area contributed by atoms with Crippen molar-refractivity contribution >= 4 is 32.2 Å². The van der Waals surface area contributed by atoms with Crippen molar-refractivity contribution in [2.24, 2.45) is 0 Å². The minimum absolute atomic E-state index is 0.256. The molecule has 0 atom stereocenters. The van der Waals surface area contributed by atoms with Gasteiger partial charge in [0, 0.05) is 5.38 Å². The molecule has 1 N–H and O–H groups in total. The number of nitrogens with one attached hydrogen (secondary N) is 1. The van der Waals surface area contributed by atoms with Crippen LogP contribution in [0.2, 0.25) is 0 Å². The van der Waals surface area contributed by atoms with E-state index in [0.29, 0.717) is 24.2 Å². The molecule has 1 aromatic heterocycles. The summed E-state index contributed by atoms with van der Waals surface area (Å²) >= 11 is 0.605. The maximum Gasteiger partial charge on any atom is 0.434 e. The summed E-state index contributed by atoms with van der Waals surface area (Å²) in [5, 5.41) is 2.09. The van der Waals surface area contributed by atoms with Crippen LogP contribution in [0.1, 0.15) is 31.4 Å². The Balaban J connectivity index is 1.97. The van der Waals surface area contributed by atoms with Crippen molar-refractivity contribution in [2.75, 3.05) is 11.1 Å². The largest absolute Gasteiger partial charge is 0.434 e. The number of carbonyl (C=O) groups is 1. The number of thiazole rings is 1. The van der Waals surface area contributed by atoms with E-state index in [0.717, 1.165) is 18.2 Å². The molecule has 0 radical (unpaired) electrons. The van der Waals surface area contributed by atoms with Crippen molar-refractivity contribution in [3.05, 3.63) is 11.1 Å². The summed E-state index contributed by atoms with van der Waals surface area (Å²) in [5.41, 5.74) is -1.11. The Bertz CT molecular complexity index is 619. The topological polar surface area (TPSA) is 76.1 Å². The van der Waals surface area contributed by atoms with Crippen LogP contribution in [0, 0.1) is 0 Å². The van der Waals surface area contributed by atoms with Crippen molar-refractivity contribution in [1.29, 1.82) is 0 Å². The molecule has 1 aromatic rings. The van der Waals surface area contributed by atoms with E-state index >= 15 is 0 Å². The smallest absolute Gasteiger partial charge is 0.301 e. The van der Waals surface area contributed by atoms with Crippen LogP contribution in [-0.2, 0) is 20.8 Å². The lowest BCUT2D eigenvalue weighted by Crippen LogP contribution is -2.29. The van der Waals surface area contributed by atoms with Crippen molar-refractivity contribution in [2.45, 2.75) is 37.1 Å². The first-order valence-corrected chi connectivity index (χ1v) is 8.82. The van der Waals surface area contributed by atoms with Gasteiger partial charge in [0.2, 0.25) is 5.91 Å². The van der Waals surface area contributed by atoms with E-state index < -0.39 is 38.6 Å². The quantitative estimate of drug-likeness (QED) is 0.912. The molecule has 1 heterocycles. The molecule has 5 nitrogen and oxygen atoms in total. The third-order valence-electron chi connectivity index (χ3n) is 3.18. The van der Waals surface area contributed by atoms with Gasteiger partial charge in [-0.05, 0) is 12.8 Å². The van der Waals surface area contributed by atoms with E-state index in [4.69, 9.17) is 0 Å². The summed E-state index contributed by atoms with van der Waals surface area (Å²) < 4.78 is 60.9. The third-order valence-corrected chi connectivity index (χ3v) is 6.09. The molecule has 118 valence electrons. The molecule has 0 unspecified atom stereocenters. The second kappa shape index (κ2) is 5.91. The monoisotopic (exact) mass is 342 g/mol. The first-order valence-electron chi connectivity index (χ1n) is 6.22. The Hall–Kier alpha value is -1.16. The molecule has 0 saturated heterocycles. The summed E-state index contributed by atoms with van der Waals surface area (Å²) in [6, 6.07) is 0. The molecular weight excluding hydrogens is 329 g/mol. The number of carbonyl (C=O) groups excluding carboxylic acids is 1. The van der Waals surface area contributed by atoms with Gasteiger partial charge >= 0.3 is 6.18 Å². The zero-order valence-electron chi connectivity index (χ0n) is 10.8. The highest BCUT2D eigenvalue weighted by molar-refractivity contribution is 7.92. The number of aromatic nitrogens is 1. The molecule has 0 bridgehead atoms. The summed E-state index contributed by atoms with van der Waals surface area (Å²) in [4.78, 5) is 14.9. The van der Waals surface area contributed by atoms with Gasteiger partial charge in [0.1, 0.15) is 5.75 Å². The predicted octanol–water partition coefficient (Wildman–Crippen LogP) is 2.46. The van der Waals surface area contributed by atoms with E-state index in [1.54, 1.807) is 0 Å². The highest BCUT2D eigenvalue weighted by atomic mass is 32.2. The number of anilines is 1. The van der Waals surface area contributed by atoms with Crippen molar-refractivity contribution in [1.82, 2.24) is 4.98 Å². The highest BCUT2D eigenvalue weighted by Crippen LogP contribution is 2.31. The fraction of sp³-hybridized carbons (Fsp3) is 0.636. The Kier molecular flexibility index (Phi) is 4.57. The Morgan fingerprint density at radius 3 is 2.52 bits per heavy atom. The van der Waals surface area contributed by atoms with E-state index in [-0.39, 0.29) is 5.13 Å². The van der Waals surface area contributed by atoms with E-state index in [9.17, 15) is 26.4 Å². The van der Waals surface area contributed by atoms with Gasteiger partial charge in [-0.15, -0.1) is 11.3 Å². The molecule has 1 saturated carbocycles. The highest BCUT2D eigenvalue weighted by Gasteiger charge is 2.34. The zero-order valence-corrected chi connectivity index (χ0v) is 12.4. The Morgan fingerprint density at radius 2 is 2.00 bits per heavy atom. The Morgan fingerprint density at radius 1 is 1.38 bits per heavy atom. The molecule has 1 aliphatic carbocycles. The first-order chi connectivity index (χ1) is 9.68. The number of rotatable bonds is 4. The van der Waals surface area contributed by atoms with Crippen molar-refractivity contribution < 1.29 is 26.4 Å². The number of amides is 1. The third kappa shape index (κ3) is 4.16. The number of halogens is 3. The zero-order chi connectivity index (χ0) is 15.7. The van der Waals surface area contributed by atoms with Gasteiger partial charge in [0.15, 0.2) is 20.7 Å². The SMILES string of the molecule is O=C(CS(=O)(=O)C1CCCC1)Nc1nc(C(F)(F)F)cs1. The van der Waals surface area contributed by atoms with Crippen LogP contribution in [0.3, 0.4) is 0 Å². The summed E-state index contributed by atoms with van der Waals surface area (Å²) in [7, 11) is -3.56. The van der Waals surface area contributed by atoms with Crippen LogP contribution in [0.5, 0.6) is 0 Å². The number of sulfone groups is 1. The summed E-state index contributed by atoms with van der Waals surface area (Å²) in [6.07, 6.45) is -1.90. The van der Waals surface area contributed by atoms with Gasteiger partial charge in [0.25, 0.3) is 0 Å². The fourth-order valence-corrected chi connectivity index (χ4v) is 4.62. The second-order valence-corrected chi connectivity index (χ2v) is 7.94. The molecule has 0 aliphatic heterocycles. The molecule has 1 amide bonds. The van der Waals surface area contributed by atoms with Gasteiger partial charge < -0.3 is 5.32 Å². The molecule has 10 heteroatoms. The van der Waals surface area contributed by atoms with Crippen LogP contribution >= 0.6 is 11.3 Å². The lowest BCUT2D eigenvalue weighted by Gasteiger charge is -2.10. The van der Waals surface area contributed by atoms with Gasteiger partial charge in [-0.3, -0.25) is 4.79 Å².